The zero-order chi connectivity index (χ0) is 15.3. The molecule has 0 unspecified atom stereocenters. The molecule has 0 bridgehead atoms. The highest BCUT2D eigenvalue weighted by Crippen LogP contribution is 2.38. The number of hydrogen-bond donors (Lipinski definition) is 0. The molecule has 1 aromatic heterocycles. The second kappa shape index (κ2) is 5.60. The summed E-state index contributed by atoms with van der Waals surface area (Å²) >= 11 is 5.33. The van der Waals surface area contributed by atoms with Crippen molar-refractivity contribution in [3.63, 3.8) is 0 Å². The zero-order valence-corrected chi connectivity index (χ0v) is 15.3. The fourth-order valence-corrected chi connectivity index (χ4v) is 4.30. The Kier molecular flexibility index (Phi) is 4.25. The SMILES string of the molecule is CC1(C)OB(c2nc(C3CCOCC3)sc2Br)OC1(C)C. The smallest absolute Gasteiger partial charge is 0.398 e. The predicted octanol–water partition coefficient (Wildman–Crippen LogP) is 3.10. The first-order chi connectivity index (χ1) is 9.80. The molecule has 0 radical (unpaired) electrons. The Bertz CT molecular complexity index is 512. The van der Waals surface area contributed by atoms with Crippen LogP contribution in [0.25, 0.3) is 0 Å². The summed E-state index contributed by atoms with van der Waals surface area (Å²) in [4.78, 5) is 4.81. The summed E-state index contributed by atoms with van der Waals surface area (Å²) in [5.41, 5.74) is 0.208. The lowest BCUT2D eigenvalue weighted by atomic mass is 9.86. The van der Waals surface area contributed by atoms with Crippen LogP contribution in [0, 0.1) is 0 Å². The molecule has 116 valence electrons. The van der Waals surface area contributed by atoms with Crippen LogP contribution >= 0.6 is 27.3 Å². The lowest BCUT2D eigenvalue weighted by Crippen LogP contribution is -2.41. The first-order valence-corrected chi connectivity index (χ1v) is 9.00. The number of thiazole rings is 1. The Labute approximate surface area is 138 Å². The van der Waals surface area contributed by atoms with Crippen LogP contribution < -0.4 is 5.59 Å². The minimum Gasteiger partial charge on any atom is -0.398 e. The summed E-state index contributed by atoms with van der Waals surface area (Å²) in [7, 11) is -0.394. The highest BCUT2D eigenvalue weighted by Gasteiger charge is 2.53. The molecule has 0 atom stereocenters. The Morgan fingerprint density at radius 3 is 2.29 bits per heavy atom. The molecule has 3 rings (SSSR count). The average Bonchev–Trinajstić information content (AvgIpc) is 2.89. The van der Waals surface area contributed by atoms with Crippen LogP contribution in [0.3, 0.4) is 0 Å². The van der Waals surface area contributed by atoms with E-state index < -0.39 is 7.12 Å². The molecule has 2 saturated heterocycles. The van der Waals surface area contributed by atoms with Crippen LogP contribution in [0.15, 0.2) is 3.79 Å². The maximum absolute atomic E-state index is 6.10. The molecule has 0 aromatic carbocycles. The summed E-state index contributed by atoms with van der Waals surface area (Å²) in [6.07, 6.45) is 2.09. The highest BCUT2D eigenvalue weighted by atomic mass is 79.9. The van der Waals surface area contributed by atoms with E-state index in [1.165, 1.54) is 0 Å². The number of aromatic nitrogens is 1. The van der Waals surface area contributed by atoms with Gasteiger partial charge >= 0.3 is 7.12 Å². The van der Waals surface area contributed by atoms with E-state index in [0.29, 0.717) is 5.92 Å². The van der Waals surface area contributed by atoms with E-state index >= 15 is 0 Å². The monoisotopic (exact) mass is 373 g/mol. The molecule has 3 heterocycles. The Hall–Kier alpha value is 0.0549. The number of hydrogen-bond acceptors (Lipinski definition) is 5. The van der Waals surface area contributed by atoms with Crippen molar-refractivity contribution in [3.8, 4) is 0 Å². The normalized spacial score (nSPS) is 25.5. The topological polar surface area (TPSA) is 40.6 Å². The van der Waals surface area contributed by atoms with Crippen molar-refractivity contribution in [3.05, 3.63) is 8.79 Å². The fraction of sp³-hybridized carbons (Fsp3) is 0.786. The van der Waals surface area contributed by atoms with Crippen LogP contribution in [0.2, 0.25) is 0 Å². The number of halogens is 1. The molecule has 0 spiro atoms. The van der Waals surface area contributed by atoms with Gasteiger partial charge in [0.1, 0.15) is 0 Å². The van der Waals surface area contributed by atoms with Gasteiger partial charge in [-0.05, 0) is 56.5 Å². The van der Waals surface area contributed by atoms with Gasteiger partial charge in [-0.1, -0.05) is 0 Å². The van der Waals surface area contributed by atoms with Gasteiger partial charge in [-0.25, -0.2) is 4.98 Å². The number of nitrogens with zero attached hydrogens (tertiary/aromatic N) is 1. The molecular weight excluding hydrogens is 353 g/mol. The maximum atomic E-state index is 6.10. The van der Waals surface area contributed by atoms with Gasteiger partial charge in [0, 0.05) is 19.1 Å². The van der Waals surface area contributed by atoms with Crippen LogP contribution in [-0.4, -0.2) is 36.5 Å². The molecule has 1 aromatic rings. The highest BCUT2D eigenvalue weighted by molar-refractivity contribution is 9.11. The van der Waals surface area contributed by atoms with Crippen molar-refractivity contribution in [2.45, 2.75) is 57.7 Å². The van der Waals surface area contributed by atoms with Crippen LogP contribution in [0.4, 0.5) is 0 Å². The molecule has 7 heteroatoms. The lowest BCUT2D eigenvalue weighted by Gasteiger charge is -2.32. The molecule has 2 fully saturated rings. The summed E-state index contributed by atoms with van der Waals surface area (Å²) in [5, 5.41) is 1.16. The molecule has 0 N–H and O–H groups in total. The van der Waals surface area contributed by atoms with E-state index in [1.807, 2.05) is 0 Å². The van der Waals surface area contributed by atoms with Crippen molar-refractivity contribution < 1.29 is 14.0 Å². The second-order valence-corrected chi connectivity index (χ2v) is 9.03. The third kappa shape index (κ3) is 2.95. The number of rotatable bonds is 2. The quantitative estimate of drug-likeness (QED) is 0.747. The third-order valence-corrected chi connectivity index (χ3v) is 6.59. The van der Waals surface area contributed by atoms with Gasteiger partial charge in [0.2, 0.25) is 0 Å². The van der Waals surface area contributed by atoms with Gasteiger partial charge in [-0.3, -0.25) is 0 Å². The van der Waals surface area contributed by atoms with Crippen LogP contribution in [-0.2, 0) is 14.0 Å². The molecule has 4 nitrogen and oxygen atoms in total. The van der Waals surface area contributed by atoms with E-state index in [1.54, 1.807) is 11.3 Å². The second-order valence-electron chi connectivity index (χ2n) is 6.69. The summed E-state index contributed by atoms with van der Waals surface area (Å²) in [6.45, 7) is 9.90. The average molecular weight is 374 g/mol. The predicted molar refractivity (Wildman–Crippen MR) is 88.3 cm³/mol. The van der Waals surface area contributed by atoms with E-state index in [-0.39, 0.29) is 11.2 Å². The van der Waals surface area contributed by atoms with Gasteiger partial charge in [0.25, 0.3) is 0 Å². The summed E-state index contributed by atoms with van der Waals surface area (Å²) < 4.78 is 18.6. The third-order valence-electron chi connectivity index (χ3n) is 4.67. The van der Waals surface area contributed by atoms with Gasteiger partial charge in [-0.15, -0.1) is 11.3 Å². The molecule has 0 amide bonds. The van der Waals surface area contributed by atoms with E-state index in [2.05, 4.69) is 43.6 Å². The first kappa shape index (κ1) is 15.9. The Morgan fingerprint density at radius 1 is 1.14 bits per heavy atom. The molecule has 2 aliphatic heterocycles. The van der Waals surface area contributed by atoms with E-state index in [0.717, 1.165) is 40.4 Å². The minimum atomic E-state index is -0.394. The van der Waals surface area contributed by atoms with Gasteiger partial charge in [-0.2, -0.15) is 0 Å². The van der Waals surface area contributed by atoms with E-state index in [4.69, 9.17) is 19.0 Å². The molecule has 0 aliphatic carbocycles. The summed E-state index contributed by atoms with van der Waals surface area (Å²) in [6, 6.07) is 0. The van der Waals surface area contributed by atoms with Crippen molar-refractivity contribution in [2.24, 2.45) is 0 Å². The largest absolute Gasteiger partial charge is 0.516 e. The first-order valence-electron chi connectivity index (χ1n) is 7.40. The summed E-state index contributed by atoms with van der Waals surface area (Å²) in [5.74, 6) is 0.497. The van der Waals surface area contributed by atoms with Crippen LogP contribution in [0.5, 0.6) is 0 Å². The van der Waals surface area contributed by atoms with Gasteiger partial charge < -0.3 is 14.0 Å². The molecule has 0 saturated carbocycles. The van der Waals surface area contributed by atoms with E-state index in [9.17, 15) is 0 Å². The Morgan fingerprint density at radius 2 is 1.71 bits per heavy atom. The number of ether oxygens (including phenoxy) is 1. The molecular formula is C14H21BBrNO3S. The zero-order valence-electron chi connectivity index (χ0n) is 12.9. The minimum absolute atomic E-state index is 0.334. The fourth-order valence-electron chi connectivity index (χ4n) is 2.55. The van der Waals surface area contributed by atoms with Crippen LogP contribution in [0.1, 0.15) is 51.5 Å². The van der Waals surface area contributed by atoms with Crippen molar-refractivity contribution in [1.29, 1.82) is 0 Å². The van der Waals surface area contributed by atoms with Crippen molar-refractivity contribution >= 4 is 40.0 Å². The lowest BCUT2D eigenvalue weighted by molar-refractivity contribution is 0.00578. The maximum Gasteiger partial charge on any atom is 0.516 e. The van der Waals surface area contributed by atoms with Gasteiger partial charge in [0.05, 0.1) is 25.6 Å². The standard InChI is InChI=1S/C14H21BBrNO3S/c1-13(2)14(3,4)20-15(19-13)10-11(16)21-12(17-10)9-5-7-18-8-6-9/h9H,5-8H2,1-4H3. The van der Waals surface area contributed by atoms with Crippen molar-refractivity contribution in [1.82, 2.24) is 4.98 Å². The molecule has 21 heavy (non-hydrogen) atoms. The van der Waals surface area contributed by atoms with Gasteiger partial charge in [0.15, 0.2) is 0 Å². The Balaban J connectivity index is 1.82. The van der Waals surface area contributed by atoms with Crippen molar-refractivity contribution in [2.75, 3.05) is 13.2 Å². The molecule has 2 aliphatic rings.